The zero-order chi connectivity index (χ0) is 15.1. The fourth-order valence-corrected chi connectivity index (χ4v) is 1.93. The third-order valence-corrected chi connectivity index (χ3v) is 3.06. The highest BCUT2D eigenvalue weighted by Gasteiger charge is 2.21. The molecular formula is C12H10N4O5. The first-order valence-corrected chi connectivity index (χ1v) is 5.91. The lowest BCUT2D eigenvalue weighted by Crippen LogP contribution is -2.37. The molecule has 3 rings (SSSR count). The summed E-state index contributed by atoms with van der Waals surface area (Å²) >= 11 is 0. The number of furan rings is 1. The van der Waals surface area contributed by atoms with Crippen molar-refractivity contribution in [3.05, 3.63) is 45.0 Å². The monoisotopic (exact) mass is 290 g/mol. The molecular weight excluding hydrogens is 280 g/mol. The lowest BCUT2D eigenvalue weighted by atomic mass is 10.3. The Balaban J connectivity index is 2.15. The third kappa shape index (κ3) is 1.86. The third-order valence-electron chi connectivity index (χ3n) is 3.06. The molecule has 108 valence electrons. The van der Waals surface area contributed by atoms with Crippen LogP contribution in [0.2, 0.25) is 0 Å². The Kier molecular flexibility index (Phi) is 2.75. The highest BCUT2D eigenvalue weighted by molar-refractivity contribution is 6.05. The number of anilines is 1. The highest BCUT2D eigenvalue weighted by atomic mass is 16.5. The standard InChI is InChI=1S/C12H10N4O5/c1-15-8-7(11(18)16(2)12(15)19)10(21-14-8)13-9(17)6-4-3-5-20-6/h3-5H,1-2H3,(H,13,17). The van der Waals surface area contributed by atoms with Crippen LogP contribution in [0.15, 0.2) is 36.9 Å². The number of nitrogens with zero attached hydrogens (tertiary/aromatic N) is 3. The van der Waals surface area contributed by atoms with Crippen LogP contribution in [0.1, 0.15) is 10.6 Å². The van der Waals surface area contributed by atoms with Crippen LogP contribution in [0.3, 0.4) is 0 Å². The molecule has 0 saturated carbocycles. The Labute approximate surface area is 116 Å². The average molecular weight is 290 g/mol. The Bertz CT molecular complexity index is 945. The largest absolute Gasteiger partial charge is 0.459 e. The van der Waals surface area contributed by atoms with Crippen LogP contribution in [-0.2, 0) is 14.1 Å². The number of fused-ring (bicyclic) bond motifs is 1. The summed E-state index contributed by atoms with van der Waals surface area (Å²) in [5.41, 5.74) is -1.09. The highest BCUT2D eigenvalue weighted by Crippen LogP contribution is 2.18. The molecule has 1 amide bonds. The van der Waals surface area contributed by atoms with Gasteiger partial charge >= 0.3 is 5.69 Å². The minimum absolute atomic E-state index is 0.0134. The van der Waals surface area contributed by atoms with Crippen molar-refractivity contribution in [2.45, 2.75) is 0 Å². The fraction of sp³-hybridized carbons (Fsp3) is 0.167. The van der Waals surface area contributed by atoms with Gasteiger partial charge in [-0.05, 0) is 12.1 Å². The topological polar surface area (TPSA) is 112 Å². The van der Waals surface area contributed by atoms with Crippen molar-refractivity contribution in [2.24, 2.45) is 14.1 Å². The molecule has 0 atom stereocenters. The lowest BCUT2D eigenvalue weighted by molar-refractivity contribution is 0.0993. The Morgan fingerprint density at radius 1 is 1.29 bits per heavy atom. The number of rotatable bonds is 2. The zero-order valence-corrected chi connectivity index (χ0v) is 11.1. The molecule has 0 radical (unpaired) electrons. The lowest BCUT2D eigenvalue weighted by Gasteiger charge is -2.02. The van der Waals surface area contributed by atoms with Crippen LogP contribution in [0.25, 0.3) is 11.0 Å². The predicted molar refractivity (Wildman–Crippen MR) is 71.2 cm³/mol. The van der Waals surface area contributed by atoms with E-state index in [0.717, 1.165) is 9.13 Å². The molecule has 3 aromatic rings. The summed E-state index contributed by atoms with van der Waals surface area (Å²) in [5, 5.41) is 6.05. The second kappa shape index (κ2) is 4.47. The van der Waals surface area contributed by atoms with E-state index in [-0.39, 0.29) is 22.7 Å². The molecule has 3 heterocycles. The molecule has 0 spiro atoms. The molecule has 1 N–H and O–H groups in total. The van der Waals surface area contributed by atoms with Gasteiger partial charge in [-0.3, -0.25) is 24.0 Å². The maximum absolute atomic E-state index is 12.1. The number of nitrogens with one attached hydrogen (secondary N) is 1. The molecule has 0 saturated heterocycles. The summed E-state index contributed by atoms with van der Waals surface area (Å²) < 4.78 is 12.0. The average Bonchev–Trinajstić information content (AvgIpc) is 3.12. The van der Waals surface area contributed by atoms with Crippen LogP contribution in [0.4, 0.5) is 5.88 Å². The summed E-state index contributed by atoms with van der Waals surface area (Å²) in [6.07, 6.45) is 1.34. The Hall–Kier alpha value is -3.10. The zero-order valence-electron chi connectivity index (χ0n) is 11.1. The molecule has 9 heteroatoms. The molecule has 0 aromatic carbocycles. The number of hydrogen-bond donors (Lipinski definition) is 1. The number of aromatic nitrogens is 3. The number of carbonyl (C=O) groups is 1. The van der Waals surface area contributed by atoms with Crippen molar-refractivity contribution in [3.8, 4) is 0 Å². The van der Waals surface area contributed by atoms with Gasteiger partial charge in [0, 0.05) is 14.1 Å². The van der Waals surface area contributed by atoms with E-state index in [4.69, 9.17) is 8.94 Å². The maximum atomic E-state index is 12.1. The molecule has 21 heavy (non-hydrogen) atoms. The maximum Gasteiger partial charge on any atom is 0.332 e. The van der Waals surface area contributed by atoms with Crippen LogP contribution in [0.5, 0.6) is 0 Å². The first kappa shape index (κ1) is 12.9. The SMILES string of the molecule is Cn1c(=O)c2c(NC(=O)c3ccco3)onc2n(C)c1=O. The van der Waals surface area contributed by atoms with Gasteiger partial charge < -0.3 is 8.94 Å². The van der Waals surface area contributed by atoms with Crippen LogP contribution in [-0.4, -0.2) is 20.2 Å². The van der Waals surface area contributed by atoms with Crippen LogP contribution >= 0.6 is 0 Å². The van der Waals surface area contributed by atoms with E-state index in [1.165, 1.54) is 26.4 Å². The van der Waals surface area contributed by atoms with E-state index in [0.29, 0.717) is 0 Å². The van der Waals surface area contributed by atoms with Crippen LogP contribution < -0.4 is 16.6 Å². The number of hydrogen-bond acceptors (Lipinski definition) is 6. The summed E-state index contributed by atoms with van der Waals surface area (Å²) in [5.74, 6) is -0.669. The van der Waals surface area contributed by atoms with Crippen LogP contribution in [0, 0.1) is 0 Å². The van der Waals surface area contributed by atoms with E-state index >= 15 is 0 Å². The van der Waals surface area contributed by atoms with Crippen molar-refractivity contribution in [3.63, 3.8) is 0 Å². The first-order chi connectivity index (χ1) is 10.0. The van der Waals surface area contributed by atoms with E-state index in [2.05, 4.69) is 10.5 Å². The van der Waals surface area contributed by atoms with Gasteiger partial charge in [0.1, 0.15) is 5.39 Å². The number of aryl methyl sites for hydroxylation is 1. The van der Waals surface area contributed by atoms with Crippen molar-refractivity contribution in [2.75, 3.05) is 5.32 Å². The molecule has 9 nitrogen and oxygen atoms in total. The fourth-order valence-electron chi connectivity index (χ4n) is 1.93. The van der Waals surface area contributed by atoms with Crippen molar-refractivity contribution >= 4 is 22.8 Å². The Morgan fingerprint density at radius 2 is 2.05 bits per heavy atom. The second-order valence-corrected chi connectivity index (χ2v) is 4.35. The van der Waals surface area contributed by atoms with Gasteiger partial charge in [-0.15, -0.1) is 0 Å². The minimum Gasteiger partial charge on any atom is -0.459 e. The smallest absolute Gasteiger partial charge is 0.332 e. The van der Waals surface area contributed by atoms with Gasteiger partial charge in [0.25, 0.3) is 11.5 Å². The number of amides is 1. The minimum atomic E-state index is -0.607. The normalized spacial score (nSPS) is 11.0. The summed E-state index contributed by atoms with van der Waals surface area (Å²) in [4.78, 5) is 35.8. The quantitative estimate of drug-likeness (QED) is 0.714. The van der Waals surface area contributed by atoms with Gasteiger partial charge in [-0.2, -0.15) is 0 Å². The van der Waals surface area contributed by atoms with E-state index < -0.39 is 17.2 Å². The van der Waals surface area contributed by atoms with Crippen molar-refractivity contribution in [1.82, 2.24) is 14.3 Å². The van der Waals surface area contributed by atoms with Crippen molar-refractivity contribution in [1.29, 1.82) is 0 Å². The first-order valence-electron chi connectivity index (χ1n) is 5.91. The molecule has 0 bridgehead atoms. The van der Waals surface area contributed by atoms with E-state index in [9.17, 15) is 14.4 Å². The van der Waals surface area contributed by atoms with Gasteiger partial charge in [0.05, 0.1) is 6.26 Å². The van der Waals surface area contributed by atoms with Gasteiger partial charge in [0.15, 0.2) is 11.4 Å². The van der Waals surface area contributed by atoms with Gasteiger partial charge in [0.2, 0.25) is 5.88 Å². The molecule has 0 unspecified atom stereocenters. The molecule has 3 aromatic heterocycles. The van der Waals surface area contributed by atoms with Crippen molar-refractivity contribution < 1.29 is 13.7 Å². The molecule has 0 aliphatic rings. The molecule has 0 aliphatic carbocycles. The second-order valence-electron chi connectivity index (χ2n) is 4.35. The summed E-state index contributed by atoms with van der Waals surface area (Å²) in [6, 6.07) is 3.01. The summed E-state index contributed by atoms with van der Waals surface area (Å²) in [6.45, 7) is 0. The van der Waals surface area contributed by atoms with Gasteiger partial charge in [-0.25, -0.2) is 4.79 Å². The van der Waals surface area contributed by atoms with E-state index in [1.54, 1.807) is 6.07 Å². The Morgan fingerprint density at radius 3 is 2.71 bits per heavy atom. The summed E-state index contributed by atoms with van der Waals surface area (Å²) in [7, 11) is 2.78. The predicted octanol–water partition coefficient (Wildman–Crippen LogP) is 0.0705. The van der Waals surface area contributed by atoms with E-state index in [1.807, 2.05) is 0 Å². The van der Waals surface area contributed by atoms with Gasteiger partial charge in [-0.1, -0.05) is 5.16 Å². The molecule has 0 fully saturated rings. The molecule has 0 aliphatic heterocycles. The number of carbonyl (C=O) groups excluding carboxylic acids is 1.